The van der Waals surface area contributed by atoms with Crippen LogP contribution in [0.2, 0.25) is 0 Å². The van der Waals surface area contributed by atoms with Crippen LogP contribution >= 0.6 is 0 Å². The minimum Gasteiger partial charge on any atom is -0.463 e. The lowest BCUT2D eigenvalue weighted by atomic mass is 10.2. The molecule has 2 N–H and O–H groups in total. The number of hydrogen-bond acceptors (Lipinski definition) is 13. The van der Waals surface area contributed by atoms with E-state index >= 15 is 0 Å². The summed E-state index contributed by atoms with van der Waals surface area (Å²) in [7, 11) is 0. The first-order valence-corrected chi connectivity index (χ1v) is 19.9. The third-order valence-corrected chi connectivity index (χ3v) is 8.82. The summed E-state index contributed by atoms with van der Waals surface area (Å²) in [6, 6.07) is 1.54. The lowest BCUT2D eigenvalue weighted by Crippen LogP contribution is -2.47. The Bertz CT molecular complexity index is 1500. The number of rotatable bonds is 8. The Hall–Kier alpha value is -4.12. The molecule has 17 heteroatoms. The summed E-state index contributed by atoms with van der Waals surface area (Å²) in [5, 5.41) is 0. The molecule has 318 valence electrons. The van der Waals surface area contributed by atoms with E-state index in [1.54, 1.807) is 41.7 Å². The number of anilines is 1. The van der Waals surface area contributed by atoms with Crippen LogP contribution in [0.3, 0.4) is 0 Å². The molecule has 3 rings (SSSR count). The second kappa shape index (κ2) is 20.9. The molecule has 0 unspecified atom stereocenters. The van der Waals surface area contributed by atoms with E-state index in [1.165, 1.54) is 10.6 Å². The van der Waals surface area contributed by atoms with Gasteiger partial charge in [0.25, 0.3) is 0 Å². The molecule has 1 aromatic heterocycles. The molecule has 0 radical (unpaired) electrons. The van der Waals surface area contributed by atoms with Crippen molar-refractivity contribution < 1.29 is 42.9 Å². The molecule has 2 saturated heterocycles. The van der Waals surface area contributed by atoms with Crippen LogP contribution in [0.25, 0.3) is 0 Å². The first kappa shape index (κ1) is 46.3. The maximum Gasteiger partial charge on any atom is 0.410 e. The predicted octanol–water partition coefficient (Wildman–Crippen LogP) is 5.02. The fraction of sp³-hybridized carbons (Fsp3) is 0.795. The number of nitrogen functional groups attached to an aromatic ring is 1. The number of amides is 3. The third kappa shape index (κ3) is 17.3. The average Bonchev–Trinajstić information content (AvgIpc) is 3.53. The zero-order valence-corrected chi connectivity index (χ0v) is 35.2. The van der Waals surface area contributed by atoms with Crippen molar-refractivity contribution in [1.82, 2.24) is 29.2 Å². The van der Waals surface area contributed by atoms with Crippen molar-refractivity contribution in [3.05, 3.63) is 22.7 Å². The normalized spacial score (nSPS) is 19.9. The van der Waals surface area contributed by atoms with Crippen LogP contribution in [0.15, 0.2) is 17.1 Å². The highest BCUT2D eigenvalue weighted by molar-refractivity contribution is 5.70. The Labute approximate surface area is 332 Å². The van der Waals surface area contributed by atoms with Gasteiger partial charge in [-0.2, -0.15) is 4.98 Å². The largest absolute Gasteiger partial charge is 0.463 e. The number of nitrogens with two attached hydrogens (primary N) is 1. The number of ether oxygens (including phenoxy) is 5. The molecule has 3 heterocycles. The van der Waals surface area contributed by atoms with Gasteiger partial charge in [0.15, 0.2) is 0 Å². The Kier molecular flexibility index (Phi) is 17.2. The van der Waals surface area contributed by atoms with Crippen LogP contribution in [0.5, 0.6) is 0 Å². The molecular formula is C39H67N7O10. The van der Waals surface area contributed by atoms with Gasteiger partial charge in [-0.3, -0.25) is 9.36 Å². The number of unbranched alkanes of at least 4 members (excludes halogenated alkanes) is 1. The predicted molar refractivity (Wildman–Crippen MR) is 210 cm³/mol. The highest BCUT2D eigenvalue weighted by Gasteiger charge is 2.30. The zero-order chi connectivity index (χ0) is 41.7. The molecular weight excluding hydrogens is 726 g/mol. The van der Waals surface area contributed by atoms with Gasteiger partial charge < -0.3 is 49.0 Å². The van der Waals surface area contributed by atoms with E-state index in [2.05, 4.69) is 9.88 Å². The summed E-state index contributed by atoms with van der Waals surface area (Å²) in [4.78, 5) is 75.6. The minimum absolute atomic E-state index is 0.1000. The van der Waals surface area contributed by atoms with E-state index in [9.17, 15) is 24.0 Å². The first-order chi connectivity index (χ1) is 26.1. The third-order valence-electron chi connectivity index (χ3n) is 8.82. The first-order valence-electron chi connectivity index (χ1n) is 19.9. The van der Waals surface area contributed by atoms with Crippen molar-refractivity contribution in [2.24, 2.45) is 0 Å². The molecule has 2 aliphatic heterocycles. The molecule has 0 saturated carbocycles. The molecule has 56 heavy (non-hydrogen) atoms. The van der Waals surface area contributed by atoms with Gasteiger partial charge in [0.1, 0.15) is 35.5 Å². The van der Waals surface area contributed by atoms with Crippen molar-refractivity contribution in [3.8, 4) is 0 Å². The molecule has 2 atom stereocenters. The molecule has 0 bridgehead atoms. The van der Waals surface area contributed by atoms with Gasteiger partial charge in [-0.25, -0.2) is 19.2 Å². The van der Waals surface area contributed by atoms with Gasteiger partial charge in [0, 0.05) is 58.4 Å². The molecule has 0 spiro atoms. The summed E-state index contributed by atoms with van der Waals surface area (Å²) in [6.07, 6.45) is 3.22. The lowest BCUT2D eigenvalue weighted by Gasteiger charge is -2.34. The Morgan fingerprint density at radius 2 is 1.23 bits per heavy atom. The molecule has 17 nitrogen and oxygen atoms in total. The maximum absolute atomic E-state index is 13.3. The van der Waals surface area contributed by atoms with Crippen molar-refractivity contribution in [2.75, 3.05) is 71.2 Å². The van der Waals surface area contributed by atoms with E-state index in [0.29, 0.717) is 84.3 Å². The highest BCUT2D eigenvalue weighted by Crippen LogP contribution is 2.27. The number of aromatic nitrogens is 2. The molecule has 0 aliphatic carbocycles. The molecule has 3 amide bonds. The Morgan fingerprint density at radius 1 is 0.732 bits per heavy atom. The van der Waals surface area contributed by atoms with Gasteiger partial charge in [-0.1, -0.05) is 0 Å². The Balaban J connectivity index is 1.62. The standard InChI is InChI=1S/C39H67N7O10/c1-37(2,3)54-34(49)43-21-13-22-45(36(51)56-39(7,8)9)27-26-44(35(50)55-38(4,5)6)20-12-19-42(24-25-43)18-11-10-14-32(47)52-28-29-15-16-31(53-29)46-23-17-30(40)41-33(46)48/h17,23,29,31H,10-16,18-22,24-28H2,1-9H3,(H2,40,41,48)/t29-,31+/m0/s1. The zero-order valence-electron chi connectivity index (χ0n) is 35.2. The average molecular weight is 794 g/mol. The SMILES string of the molecule is CC(C)(C)OC(=O)N1CCCN(C(=O)OC(C)(C)C)CCN(C(=O)OC(C)(C)C)CCCN(CCCCC(=O)OC[C@@H]2CC[C@H](n3ccc(N)nc3=O)O2)CC1. The van der Waals surface area contributed by atoms with Crippen LogP contribution < -0.4 is 11.4 Å². The summed E-state index contributed by atoms with van der Waals surface area (Å²) in [5.74, 6) is -0.181. The van der Waals surface area contributed by atoms with Gasteiger partial charge in [-0.05, 0) is 120 Å². The van der Waals surface area contributed by atoms with E-state index in [-0.39, 0.29) is 44.0 Å². The van der Waals surface area contributed by atoms with Gasteiger partial charge in [-0.15, -0.1) is 0 Å². The van der Waals surface area contributed by atoms with E-state index in [0.717, 1.165) is 0 Å². The fourth-order valence-corrected chi connectivity index (χ4v) is 6.16. The number of esters is 1. The van der Waals surface area contributed by atoms with Crippen molar-refractivity contribution in [1.29, 1.82) is 0 Å². The number of carbonyl (C=O) groups is 4. The minimum atomic E-state index is -0.705. The fourth-order valence-electron chi connectivity index (χ4n) is 6.16. The summed E-state index contributed by atoms with van der Waals surface area (Å²) in [6.45, 7) is 20.2. The van der Waals surface area contributed by atoms with Crippen molar-refractivity contribution >= 4 is 30.1 Å². The number of hydrogen-bond donors (Lipinski definition) is 1. The van der Waals surface area contributed by atoms with Gasteiger partial charge >= 0.3 is 29.9 Å². The molecule has 2 aliphatic rings. The quantitative estimate of drug-likeness (QED) is 0.210. The van der Waals surface area contributed by atoms with Crippen LogP contribution in [0, 0.1) is 0 Å². The van der Waals surface area contributed by atoms with Crippen LogP contribution in [-0.4, -0.2) is 142 Å². The van der Waals surface area contributed by atoms with E-state index in [4.69, 9.17) is 29.4 Å². The monoisotopic (exact) mass is 793 g/mol. The van der Waals surface area contributed by atoms with Gasteiger partial charge in [0.2, 0.25) is 0 Å². The summed E-state index contributed by atoms with van der Waals surface area (Å²) < 4.78 is 30.0. The number of carbonyl (C=O) groups excluding carboxylic acids is 4. The van der Waals surface area contributed by atoms with E-state index < -0.39 is 47.0 Å². The highest BCUT2D eigenvalue weighted by atomic mass is 16.6. The van der Waals surface area contributed by atoms with E-state index in [1.807, 2.05) is 41.5 Å². The van der Waals surface area contributed by atoms with Crippen LogP contribution in [-0.2, 0) is 28.5 Å². The second-order valence-corrected chi connectivity index (χ2v) is 17.4. The lowest BCUT2D eigenvalue weighted by molar-refractivity contribution is -0.148. The molecule has 1 aromatic rings. The number of nitrogens with zero attached hydrogens (tertiary/aromatic N) is 6. The smallest absolute Gasteiger partial charge is 0.410 e. The molecule has 0 aromatic carbocycles. The van der Waals surface area contributed by atoms with Gasteiger partial charge in [0.05, 0.1) is 6.10 Å². The van der Waals surface area contributed by atoms with Crippen molar-refractivity contribution in [3.63, 3.8) is 0 Å². The summed E-state index contributed by atoms with van der Waals surface area (Å²) >= 11 is 0. The topological polar surface area (TPSA) is 188 Å². The second-order valence-electron chi connectivity index (χ2n) is 17.4. The molecule has 2 fully saturated rings. The Morgan fingerprint density at radius 3 is 1.73 bits per heavy atom. The summed E-state index contributed by atoms with van der Waals surface area (Å²) in [5.41, 5.74) is 3.02. The van der Waals surface area contributed by atoms with Crippen LogP contribution in [0.4, 0.5) is 20.2 Å². The van der Waals surface area contributed by atoms with Crippen molar-refractivity contribution in [2.45, 2.75) is 136 Å². The maximum atomic E-state index is 13.3. The van der Waals surface area contributed by atoms with Crippen LogP contribution in [0.1, 0.15) is 113 Å².